The number of nitrogens with zero attached hydrogens (tertiary/aromatic N) is 5. The molecule has 1 saturated heterocycles. The van der Waals surface area contributed by atoms with Crippen molar-refractivity contribution in [2.75, 3.05) is 17.7 Å². The molecule has 4 atom stereocenters. The molecule has 0 amide bonds. The van der Waals surface area contributed by atoms with Crippen LogP contribution in [0.2, 0.25) is 0 Å². The Morgan fingerprint density at radius 2 is 2.09 bits per heavy atom. The molecule has 1 fully saturated rings. The van der Waals surface area contributed by atoms with Gasteiger partial charge in [-0.3, -0.25) is 0 Å². The summed E-state index contributed by atoms with van der Waals surface area (Å²) in [6.45, 7) is 0. The van der Waals surface area contributed by atoms with Gasteiger partial charge in [0.25, 0.3) is 0 Å². The van der Waals surface area contributed by atoms with Crippen molar-refractivity contribution in [1.29, 1.82) is 0 Å². The van der Waals surface area contributed by atoms with Gasteiger partial charge in [0.05, 0.1) is 5.75 Å². The molecule has 0 unspecified atom stereocenters. The summed E-state index contributed by atoms with van der Waals surface area (Å²) in [7, 11) is -3.39. The summed E-state index contributed by atoms with van der Waals surface area (Å²) in [5, 5.41) is 27.6. The summed E-state index contributed by atoms with van der Waals surface area (Å²) in [6.07, 6.45) is -2.74. The molecule has 1 aliphatic heterocycles. The Bertz CT molecular complexity index is 807. The number of nitrogen functional groups attached to an aromatic ring is 1. The van der Waals surface area contributed by atoms with E-state index in [2.05, 4.69) is 20.3 Å². The highest BCUT2D eigenvalue weighted by Crippen LogP contribution is 2.31. The molecule has 0 aliphatic carbocycles. The van der Waals surface area contributed by atoms with Crippen LogP contribution in [0.5, 0.6) is 0 Å². The lowest BCUT2D eigenvalue weighted by atomic mass is 10.1. The first-order valence-electron chi connectivity index (χ1n) is 6.28. The average Bonchev–Trinajstić information content (AvgIpc) is 2.95. The van der Waals surface area contributed by atoms with Crippen LogP contribution in [-0.2, 0) is 14.6 Å². The van der Waals surface area contributed by atoms with Crippen LogP contribution in [0.4, 0.5) is 5.82 Å². The molecule has 0 saturated carbocycles. The maximum Gasteiger partial charge on any atom is 0.186 e. The molecule has 3 heterocycles. The summed E-state index contributed by atoms with van der Waals surface area (Å²) < 4.78 is 29.3. The Kier molecular flexibility index (Phi) is 3.47. The van der Waals surface area contributed by atoms with Crippen LogP contribution >= 0.6 is 0 Å². The van der Waals surface area contributed by atoms with E-state index >= 15 is 0 Å². The van der Waals surface area contributed by atoms with Gasteiger partial charge in [0.1, 0.15) is 34.5 Å². The molecule has 2 aromatic heterocycles. The predicted molar refractivity (Wildman–Crippen MR) is 73.2 cm³/mol. The third-order valence-electron chi connectivity index (χ3n) is 3.33. The zero-order valence-corrected chi connectivity index (χ0v) is 12.3. The van der Waals surface area contributed by atoms with Crippen LogP contribution in [0.15, 0.2) is 6.33 Å². The van der Waals surface area contributed by atoms with E-state index in [1.807, 2.05) is 0 Å². The minimum Gasteiger partial charge on any atom is -0.387 e. The van der Waals surface area contributed by atoms with Crippen molar-refractivity contribution in [3.8, 4) is 0 Å². The quantitative estimate of drug-likeness (QED) is 0.546. The van der Waals surface area contributed by atoms with Crippen LogP contribution in [-0.4, -0.2) is 73.9 Å². The van der Waals surface area contributed by atoms with Gasteiger partial charge >= 0.3 is 0 Å². The number of nitrogens with two attached hydrogens (primary N) is 1. The third kappa shape index (κ3) is 2.49. The Labute approximate surface area is 124 Å². The molecule has 0 bridgehead atoms. The van der Waals surface area contributed by atoms with E-state index in [0.29, 0.717) is 0 Å². The number of hydrogen-bond donors (Lipinski definition) is 3. The van der Waals surface area contributed by atoms with Crippen LogP contribution < -0.4 is 5.73 Å². The van der Waals surface area contributed by atoms with Gasteiger partial charge in [0.2, 0.25) is 0 Å². The maximum atomic E-state index is 11.3. The number of sulfone groups is 1. The fraction of sp³-hybridized carbons (Fsp3) is 0.600. The molecule has 3 rings (SSSR count). The summed E-state index contributed by atoms with van der Waals surface area (Å²) in [6, 6.07) is 0. The minimum atomic E-state index is -3.39. The first-order chi connectivity index (χ1) is 10.3. The zero-order valence-electron chi connectivity index (χ0n) is 11.4. The van der Waals surface area contributed by atoms with Gasteiger partial charge in [-0.15, -0.1) is 5.10 Å². The number of aliphatic hydroxyl groups is 2. The second kappa shape index (κ2) is 5.08. The first-order valence-corrected chi connectivity index (χ1v) is 8.34. The van der Waals surface area contributed by atoms with Crippen LogP contribution in [0.25, 0.3) is 11.2 Å². The highest BCUT2D eigenvalue weighted by Gasteiger charge is 2.46. The van der Waals surface area contributed by atoms with Crippen LogP contribution in [0.3, 0.4) is 0 Å². The molecule has 1 aliphatic rings. The fourth-order valence-electron chi connectivity index (χ4n) is 2.32. The van der Waals surface area contributed by atoms with Gasteiger partial charge in [0, 0.05) is 6.26 Å². The largest absolute Gasteiger partial charge is 0.387 e. The molecule has 2 aromatic rings. The monoisotopic (exact) mass is 330 g/mol. The van der Waals surface area contributed by atoms with Gasteiger partial charge in [0.15, 0.2) is 23.2 Å². The van der Waals surface area contributed by atoms with Gasteiger partial charge in [-0.2, -0.15) is 4.68 Å². The molecule has 22 heavy (non-hydrogen) atoms. The van der Waals surface area contributed by atoms with E-state index in [-0.39, 0.29) is 17.0 Å². The topological polar surface area (TPSA) is 166 Å². The van der Waals surface area contributed by atoms with Crippen molar-refractivity contribution in [2.45, 2.75) is 24.5 Å². The SMILES string of the molecule is CS(=O)(=O)C[C@H]1O[C@@H](n2nnc3c(N)ncnc32)[C@H](O)[C@@H]1O. The van der Waals surface area contributed by atoms with Gasteiger partial charge in [-0.1, -0.05) is 5.21 Å². The number of aromatic nitrogens is 5. The second-order valence-electron chi connectivity index (χ2n) is 5.10. The van der Waals surface area contributed by atoms with Gasteiger partial charge < -0.3 is 20.7 Å². The Balaban J connectivity index is 1.96. The molecular weight excluding hydrogens is 316 g/mol. The number of fused-ring (bicyclic) bond motifs is 1. The molecule has 12 heteroatoms. The molecule has 0 radical (unpaired) electrons. The number of anilines is 1. The summed E-state index contributed by atoms with van der Waals surface area (Å²) >= 11 is 0. The van der Waals surface area contributed by atoms with Crippen molar-refractivity contribution < 1.29 is 23.4 Å². The number of aliphatic hydroxyl groups excluding tert-OH is 2. The van der Waals surface area contributed by atoms with Crippen molar-refractivity contribution in [2.24, 2.45) is 0 Å². The fourth-order valence-corrected chi connectivity index (χ4v) is 3.19. The second-order valence-corrected chi connectivity index (χ2v) is 7.29. The highest BCUT2D eigenvalue weighted by atomic mass is 32.2. The lowest BCUT2D eigenvalue weighted by Crippen LogP contribution is -2.35. The Hall–Kier alpha value is -1.89. The van der Waals surface area contributed by atoms with E-state index < -0.39 is 40.1 Å². The van der Waals surface area contributed by atoms with Crippen molar-refractivity contribution >= 4 is 26.8 Å². The van der Waals surface area contributed by atoms with Crippen molar-refractivity contribution in [1.82, 2.24) is 25.0 Å². The molecule has 120 valence electrons. The van der Waals surface area contributed by atoms with E-state index in [1.54, 1.807) is 0 Å². The van der Waals surface area contributed by atoms with Gasteiger partial charge in [-0.05, 0) is 0 Å². The van der Waals surface area contributed by atoms with Crippen molar-refractivity contribution in [3.05, 3.63) is 6.33 Å². The lowest BCUT2D eigenvalue weighted by molar-refractivity contribution is -0.0375. The van der Waals surface area contributed by atoms with Crippen molar-refractivity contribution in [3.63, 3.8) is 0 Å². The smallest absolute Gasteiger partial charge is 0.186 e. The minimum absolute atomic E-state index is 0.108. The number of ether oxygens (including phenoxy) is 1. The highest BCUT2D eigenvalue weighted by molar-refractivity contribution is 7.90. The molecule has 0 aromatic carbocycles. The zero-order chi connectivity index (χ0) is 16.1. The predicted octanol–water partition coefficient (Wildman–Crippen LogP) is -2.53. The Morgan fingerprint density at radius 1 is 1.36 bits per heavy atom. The molecule has 0 spiro atoms. The number of hydrogen-bond acceptors (Lipinski definition) is 10. The van der Waals surface area contributed by atoms with E-state index in [4.69, 9.17) is 10.5 Å². The number of rotatable bonds is 3. The average molecular weight is 330 g/mol. The first kappa shape index (κ1) is 15.0. The maximum absolute atomic E-state index is 11.3. The van der Waals surface area contributed by atoms with Crippen LogP contribution in [0, 0.1) is 0 Å². The van der Waals surface area contributed by atoms with Gasteiger partial charge in [-0.25, -0.2) is 18.4 Å². The Morgan fingerprint density at radius 3 is 2.77 bits per heavy atom. The van der Waals surface area contributed by atoms with E-state index in [9.17, 15) is 18.6 Å². The standard InChI is InChI=1S/C10H14N6O5S/c1-22(19,20)2-4-6(17)7(18)10(21-4)16-9-5(14-15-16)8(11)12-3-13-9/h3-4,6-7,10,17-18H,2H2,1H3,(H2,11,12,13)/t4-,6-,7-,10-/m1/s1. The van der Waals surface area contributed by atoms with Crippen LogP contribution in [0.1, 0.15) is 6.23 Å². The molecule has 11 nitrogen and oxygen atoms in total. The molecular formula is C10H14N6O5S. The normalized spacial score (nSPS) is 29.2. The van der Waals surface area contributed by atoms with E-state index in [1.165, 1.54) is 6.33 Å². The summed E-state index contributed by atoms with van der Waals surface area (Å²) in [4.78, 5) is 7.73. The lowest BCUT2D eigenvalue weighted by Gasteiger charge is -2.14. The summed E-state index contributed by atoms with van der Waals surface area (Å²) in [5.41, 5.74) is 6.08. The summed E-state index contributed by atoms with van der Waals surface area (Å²) in [5.74, 6) is -0.317. The molecule has 4 N–H and O–H groups in total. The third-order valence-corrected chi connectivity index (χ3v) is 4.27. The van der Waals surface area contributed by atoms with E-state index in [0.717, 1.165) is 10.9 Å².